The number of hydrogen-bond acceptors (Lipinski definition) is 4. The summed E-state index contributed by atoms with van der Waals surface area (Å²) < 4.78 is 40.0. The van der Waals surface area contributed by atoms with E-state index in [1.54, 1.807) is 6.07 Å². The molecule has 0 unspecified atom stereocenters. The summed E-state index contributed by atoms with van der Waals surface area (Å²) in [4.78, 5) is 39.4. The summed E-state index contributed by atoms with van der Waals surface area (Å²) in [6.45, 7) is 0. The van der Waals surface area contributed by atoms with Gasteiger partial charge in [0, 0.05) is 16.8 Å². The van der Waals surface area contributed by atoms with Gasteiger partial charge in [-0.1, -0.05) is 36.4 Å². The van der Waals surface area contributed by atoms with Crippen molar-refractivity contribution in [3.8, 4) is 5.75 Å². The molecule has 3 N–H and O–H groups in total. The highest BCUT2D eigenvalue weighted by atomic mass is 19.4. The third-order valence-corrected chi connectivity index (χ3v) is 5.93. The van der Waals surface area contributed by atoms with E-state index < -0.39 is 47.2 Å². The van der Waals surface area contributed by atoms with Crippen LogP contribution in [0.5, 0.6) is 5.75 Å². The first-order chi connectivity index (χ1) is 17.6. The number of alkyl halides is 3. The van der Waals surface area contributed by atoms with Crippen LogP contribution in [0.3, 0.4) is 0 Å². The quantitative estimate of drug-likeness (QED) is 0.306. The number of hydrogen-bond donors (Lipinski definition) is 3. The van der Waals surface area contributed by atoms with Gasteiger partial charge < -0.3 is 15.7 Å². The van der Waals surface area contributed by atoms with Gasteiger partial charge in [-0.25, -0.2) is 0 Å². The van der Waals surface area contributed by atoms with Crippen LogP contribution in [0.4, 0.5) is 35.9 Å². The summed E-state index contributed by atoms with van der Waals surface area (Å²) in [6, 6.07) is 19.4. The van der Waals surface area contributed by atoms with Gasteiger partial charge in [-0.15, -0.1) is 0 Å². The lowest BCUT2D eigenvalue weighted by atomic mass is 10.0. The Kier molecular flexibility index (Phi) is 5.79. The van der Waals surface area contributed by atoms with E-state index in [0.29, 0.717) is 23.1 Å². The summed E-state index contributed by atoms with van der Waals surface area (Å²) in [5.74, 6) is -2.89. The molecule has 1 aliphatic heterocycles. The number of nitrogens with one attached hydrogen (secondary N) is 2. The lowest BCUT2D eigenvalue weighted by Gasteiger charge is -2.23. The van der Waals surface area contributed by atoms with E-state index in [-0.39, 0.29) is 5.69 Å². The van der Waals surface area contributed by atoms with Crippen molar-refractivity contribution in [2.75, 3.05) is 15.5 Å². The van der Waals surface area contributed by atoms with Gasteiger partial charge in [0.2, 0.25) is 11.8 Å². The summed E-state index contributed by atoms with van der Waals surface area (Å²) in [6.07, 6.45) is -5.24. The summed E-state index contributed by atoms with van der Waals surface area (Å²) in [5, 5.41) is 16.7. The normalized spacial score (nSPS) is 13.6. The minimum Gasteiger partial charge on any atom is -0.507 e. The van der Waals surface area contributed by atoms with Crippen LogP contribution in [-0.2, 0) is 15.8 Å². The van der Waals surface area contributed by atoms with Crippen LogP contribution in [-0.4, -0.2) is 22.8 Å². The fourth-order valence-electron chi connectivity index (χ4n) is 4.30. The second-order valence-corrected chi connectivity index (χ2v) is 8.33. The molecule has 10 heteroatoms. The Morgan fingerprint density at radius 1 is 0.919 bits per heavy atom. The van der Waals surface area contributed by atoms with Gasteiger partial charge >= 0.3 is 6.18 Å². The standard InChI is InChI=1S/C27H18F3N3O4/c28-27(29,30)19-6-3-7-21(34)24(19)26(37)31-16-9-11-17(12-10-16)33-20-13-8-15-4-1-2-5-18(15)25(20)32-22(35)14-23(33)36/h1-13,34H,14H2,(H,31,37)(H,32,35). The van der Waals surface area contributed by atoms with Crippen molar-refractivity contribution in [1.29, 1.82) is 0 Å². The number of aromatic hydroxyl groups is 1. The molecule has 1 aliphatic rings. The monoisotopic (exact) mass is 505 g/mol. The molecule has 0 bridgehead atoms. The van der Waals surface area contributed by atoms with E-state index in [1.807, 2.05) is 30.3 Å². The Labute approximate surface area is 208 Å². The minimum absolute atomic E-state index is 0.139. The van der Waals surface area contributed by atoms with Crippen molar-refractivity contribution in [2.45, 2.75) is 12.6 Å². The summed E-state index contributed by atoms with van der Waals surface area (Å²) >= 11 is 0. The maximum atomic E-state index is 13.3. The van der Waals surface area contributed by atoms with Crippen molar-refractivity contribution in [3.05, 3.63) is 90.0 Å². The number of fused-ring (bicyclic) bond motifs is 3. The van der Waals surface area contributed by atoms with Gasteiger partial charge in [-0.3, -0.25) is 19.3 Å². The number of carbonyl (C=O) groups is 3. The van der Waals surface area contributed by atoms with E-state index in [2.05, 4.69) is 10.6 Å². The maximum absolute atomic E-state index is 13.3. The molecule has 0 aromatic heterocycles. The fraction of sp³-hybridized carbons (Fsp3) is 0.0741. The Morgan fingerprint density at radius 2 is 1.65 bits per heavy atom. The van der Waals surface area contributed by atoms with E-state index in [0.717, 1.165) is 22.9 Å². The van der Waals surface area contributed by atoms with Crippen molar-refractivity contribution in [1.82, 2.24) is 0 Å². The van der Waals surface area contributed by atoms with Crippen molar-refractivity contribution in [3.63, 3.8) is 0 Å². The van der Waals surface area contributed by atoms with E-state index >= 15 is 0 Å². The van der Waals surface area contributed by atoms with Crippen LogP contribution >= 0.6 is 0 Å². The van der Waals surface area contributed by atoms with Crippen LogP contribution in [0.2, 0.25) is 0 Å². The van der Waals surface area contributed by atoms with Gasteiger partial charge in [0.15, 0.2) is 0 Å². The molecular weight excluding hydrogens is 487 g/mol. The smallest absolute Gasteiger partial charge is 0.417 e. The molecule has 5 rings (SSSR count). The largest absolute Gasteiger partial charge is 0.507 e. The highest BCUT2D eigenvalue weighted by Gasteiger charge is 2.36. The molecule has 7 nitrogen and oxygen atoms in total. The van der Waals surface area contributed by atoms with Crippen LogP contribution in [0.1, 0.15) is 22.3 Å². The van der Waals surface area contributed by atoms with Crippen LogP contribution < -0.4 is 15.5 Å². The SMILES string of the molecule is O=C1CC(=O)N(c2ccc(NC(=O)c3c(O)cccc3C(F)(F)F)cc2)c2ccc3ccccc3c2N1. The summed E-state index contributed by atoms with van der Waals surface area (Å²) in [7, 11) is 0. The zero-order valence-corrected chi connectivity index (χ0v) is 19.0. The van der Waals surface area contributed by atoms with Crippen LogP contribution in [0, 0.1) is 0 Å². The second kappa shape index (κ2) is 8.98. The first kappa shape index (κ1) is 23.9. The van der Waals surface area contributed by atoms with Gasteiger partial charge in [0.1, 0.15) is 12.2 Å². The predicted molar refractivity (Wildman–Crippen MR) is 132 cm³/mol. The van der Waals surface area contributed by atoms with E-state index in [4.69, 9.17) is 0 Å². The Morgan fingerprint density at radius 3 is 2.38 bits per heavy atom. The topological polar surface area (TPSA) is 98.7 Å². The Balaban J connectivity index is 1.48. The molecule has 186 valence electrons. The van der Waals surface area contributed by atoms with Crippen LogP contribution in [0.15, 0.2) is 78.9 Å². The third kappa shape index (κ3) is 4.44. The average molecular weight is 505 g/mol. The van der Waals surface area contributed by atoms with Gasteiger partial charge in [0.05, 0.1) is 22.5 Å². The molecule has 3 amide bonds. The molecule has 1 heterocycles. The van der Waals surface area contributed by atoms with Gasteiger partial charge in [-0.05, 0) is 47.9 Å². The molecule has 0 fully saturated rings. The fourth-order valence-corrected chi connectivity index (χ4v) is 4.30. The van der Waals surface area contributed by atoms with E-state index in [1.165, 1.54) is 29.2 Å². The molecule has 0 radical (unpaired) electrons. The molecule has 0 saturated carbocycles. The highest BCUT2D eigenvalue weighted by Crippen LogP contribution is 2.40. The Hall–Kier alpha value is -4.86. The lowest BCUT2D eigenvalue weighted by molar-refractivity contribution is -0.138. The number of anilines is 4. The summed E-state index contributed by atoms with van der Waals surface area (Å²) in [5.41, 5.74) is -0.708. The number of phenolic OH excluding ortho intramolecular Hbond substituents is 1. The molecule has 0 saturated heterocycles. The number of carbonyl (C=O) groups excluding carboxylic acids is 3. The number of nitrogens with zero attached hydrogens (tertiary/aromatic N) is 1. The third-order valence-electron chi connectivity index (χ3n) is 5.93. The molecule has 0 spiro atoms. The second-order valence-electron chi connectivity index (χ2n) is 8.33. The van der Waals surface area contributed by atoms with Gasteiger partial charge in [-0.2, -0.15) is 13.2 Å². The van der Waals surface area contributed by atoms with E-state index in [9.17, 15) is 32.7 Å². The lowest BCUT2D eigenvalue weighted by Crippen LogP contribution is -2.26. The molecule has 37 heavy (non-hydrogen) atoms. The number of amides is 3. The molecule has 4 aromatic rings. The molecule has 0 aliphatic carbocycles. The number of rotatable bonds is 3. The number of halogens is 3. The molecule has 4 aromatic carbocycles. The highest BCUT2D eigenvalue weighted by molar-refractivity contribution is 6.21. The average Bonchev–Trinajstić information content (AvgIpc) is 2.98. The first-order valence-electron chi connectivity index (χ1n) is 11.1. The van der Waals surface area contributed by atoms with Gasteiger partial charge in [0.25, 0.3) is 5.91 Å². The van der Waals surface area contributed by atoms with Crippen molar-refractivity contribution >= 4 is 51.2 Å². The zero-order valence-electron chi connectivity index (χ0n) is 19.0. The predicted octanol–water partition coefficient (Wildman–Crippen LogP) is 5.82. The maximum Gasteiger partial charge on any atom is 0.417 e. The minimum atomic E-state index is -4.84. The number of phenols is 1. The zero-order chi connectivity index (χ0) is 26.3. The first-order valence-corrected chi connectivity index (χ1v) is 11.1. The van der Waals surface area contributed by atoms with Crippen molar-refractivity contribution < 1.29 is 32.7 Å². The number of benzene rings is 4. The Bertz CT molecular complexity index is 1570. The van der Waals surface area contributed by atoms with Crippen LogP contribution in [0.25, 0.3) is 10.8 Å². The molecule has 0 atom stereocenters. The van der Waals surface area contributed by atoms with Crippen molar-refractivity contribution in [2.24, 2.45) is 0 Å². The molecular formula is C27H18F3N3O4.